The molecule has 0 aromatic heterocycles. The molecule has 0 saturated heterocycles. The van der Waals surface area contributed by atoms with E-state index in [4.69, 9.17) is 17.3 Å². The molecule has 0 spiro atoms. The quantitative estimate of drug-likeness (QED) is 0.606. The van der Waals surface area contributed by atoms with E-state index in [0.717, 1.165) is 18.9 Å². The lowest BCUT2D eigenvalue weighted by molar-refractivity contribution is 0.432. The number of nitrogen functional groups attached to an aromatic ring is 1. The minimum Gasteiger partial charge on any atom is -0.503 e. The summed E-state index contributed by atoms with van der Waals surface area (Å²) in [4.78, 5) is 1.77. The third-order valence-electron chi connectivity index (χ3n) is 2.64. The van der Waals surface area contributed by atoms with E-state index in [1.807, 2.05) is 0 Å². The van der Waals surface area contributed by atoms with Crippen molar-refractivity contribution in [1.82, 2.24) is 0 Å². The molecule has 5 heteroatoms. The molecule has 15 heavy (non-hydrogen) atoms. The smallest absolute Gasteiger partial charge is 0.176 e. The third kappa shape index (κ3) is 1.69. The Labute approximate surface area is 92.2 Å². The van der Waals surface area contributed by atoms with Gasteiger partial charge in [0.25, 0.3) is 0 Å². The Kier molecular flexibility index (Phi) is 2.38. The summed E-state index contributed by atoms with van der Waals surface area (Å²) in [5.74, 6) is -1.16. The summed E-state index contributed by atoms with van der Waals surface area (Å²) in [5, 5.41) is 9.80. The Morgan fingerprint density at radius 2 is 2.20 bits per heavy atom. The van der Waals surface area contributed by atoms with E-state index in [2.05, 4.69) is 0 Å². The van der Waals surface area contributed by atoms with Crippen LogP contribution in [0.1, 0.15) is 12.8 Å². The lowest BCUT2D eigenvalue weighted by Gasteiger charge is -2.22. The number of benzene rings is 1. The zero-order valence-corrected chi connectivity index (χ0v) is 9.05. The Balaban J connectivity index is 2.52. The van der Waals surface area contributed by atoms with Crippen molar-refractivity contribution < 1.29 is 9.50 Å². The van der Waals surface area contributed by atoms with Gasteiger partial charge in [-0.1, -0.05) is 11.6 Å². The average Bonchev–Trinajstić information content (AvgIpc) is 2.98. The number of hydrogen-bond acceptors (Lipinski definition) is 3. The van der Waals surface area contributed by atoms with Crippen LogP contribution in [0.5, 0.6) is 5.75 Å². The van der Waals surface area contributed by atoms with Gasteiger partial charge in [-0.15, -0.1) is 0 Å². The van der Waals surface area contributed by atoms with Gasteiger partial charge >= 0.3 is 0 Å². The van der Waals surface area contributed by atoms with Crippen LogP contribution in [0.2, 0.25) is 5.02 Å². The van der Waals surface area contributed by atoms with Gasteiger partial charge in [0.2, 0.25) is 0 Å². The Morgan fingerprint density at radius 1 is 1.60 bits per heavy atom. The molecule has 1 aromatic rings. The summed E-state index contributed by atoms with van der Waals surface area (Å²) in [6.45, 7) is 0. The van der Waals surface area contributed by atoms with E-state index < -0.39 is 11.6 Å². The minimum atomic E-state index is -0.737. The maximum absolute atomic E-state index is 13.2. The second-order valence-corrected chi connectivity index (χ2v) is 4.18. The van der Waals surface area contributed by atoms with Crippen molar-refractivity contribution in [3.05, 3.63) is 16.9 Å². The van der Waals surface area contributed by atoms with Crippen molar-refractivity contribution in [1.29, 1.82) is 0 Å². The first-order valence-electron chi connectivity index (χ1n) is 4.71. The van der Waals surface area contributed by atoms with Gasteiger partial charge in [0.05, 0.1) is 10.7 Å². The number of nitrogens with two attached hydrogens (primary N) is 1. The van der Waals surface area contributed by atoms with Crippen LogP contribution in [0.15, 0.2) is 6.07 Å². The number of rotatable bonds is 2. The number of nitrogens with zero attached hydrogens (tertiary/aromatic N) is 1. The van der Waals surface area contributed by atoms with Crippen molar-refractivity contribution in [3.8, 4) is 5.75 Å². The van der Waals surface area contributed by atoms with Crippen LogP contribution in [-0.4, -0.2) is 18.2 Å². The normalized spacial score (nSPS) is 15.4. The third-order valence-corrected chi connectivity index (χ3v) is 3.04. The fourth-order valence-corrected chi connectivity index (χ4v) is 1.87. The zero-order chi connectivity index (χ0) is 11.2. The summed E-state index contributed by atoms with van der Waals surface area (Å²) in [7, 11) is 1.78. The molecule has 3 nitrogen and oxygen atoms in total. The first kappa shape index (κ1) is 10.4. The SMILES string of the molecule is CN(c1c(O)c(F)cc(N)c1Cl)C1CC1. The van der Waals surface area contributed by atoms with Crippen LogP contribution in [0, 0.1) is 5.82 Å². The summed E-state index contributed by atoms with van der Waals surface area (Å²) < 4.78 is 13.2. The highest BCUT2D eigenvalue weighted by molar-refractivity contribution is 6.36. The average molecular weight is 231 g/mol. The Morgan fingerprint density at radius 3 is 2.73 bits per heavy atom. The number of phenols is 1. The molecule has 0 atom stereocenters. The second-order valence-electron chi connectivity index (χ2n) is 3.80. The summed E-state index contributed by atoms with van der Waals surface area (Å²) in [5.41, 5.74) is 5.98. The fraction of sp³-hybridized carbons (Fsp3) is 0.400. The molecular weight excluding hydrogens is 219 g/mol. The highest BCUT2D eigenvalue weighted by atomic mass is 35.5. The van der Waals surface area contributed by atoms with Crippen LogP contribution in [0.4, 0.5) is 15.8 Å². The number of aromatic hydroxyl groups is 1. The van der Waals surface area contributed by atoms with Crippen LogP contribution in [-0.2, 0) is 0 Å². The van der Waals surface area contributed by atoms with Crippen molar-refractivity contribution in [2.24, 2.45) is 0 Å². The van der Waals surface area contributed by atoms with Gasteiger partial charge in [-0.3, -0.25) is 0 Å². The van der Waals surface area contributed by atoms with E-state index in [9.17, 15) is 9.50 Å². The molecule has 1 aromatic carbocycles. The van der Waals surface area contributed by atoms with Gasteiger partial charge in [-0.2, -0.15) is 0 Å². The van der Waals surface area contributed by atoms with Gasteiger partial charge in [-0.05, 0) is 12.8 Å². The van der Waals surface area contributed by atoms with E-state index >= 15 is 0 Å². The fourth-order valence-electron chi connectivity index (χ4n) is 1.59. The summed E-state index contributed by atoms with van der Waals surface area (Å²) in [6.07, 6.45) is 2.06. The molecule has 0 heterocycles. The summed E-state index contributed by atoms with van der Waals surface area (Å²) in [6, 6.07) is 1.36. The molecular formula is C10H12ClFN2O. The minimum absolute atomic E-state index is 0.148. The summed E-state index contributed by atoms with van der Waals surface area (Å²) >= 11 is 5.94. The first-order chi connectivity index (χ1) is 7.02. The van der Waals surface area contributed by atoms with Gasteiger partial charge in [-0.25, -0.2) is 4.39 Å². The monoisotopic (exact) mass is 230 g/mol. The largest absolute Gasteiger partial charge is 0.503 e. The lowest BCUT2D eigenvalue weighted by Crippen LogP contribution is -2.20. The van der Waals surface area contributed by atoms with Crippen LogP contribution < -0.4 is 10.6 Å². The van der Waals surface area contributed by atoms with Gasteiger partial charge in [0.15, 0.2) is 11.6 Å². The molecule has 1 aliphatic carbocycles. The molecule has 1 fully saturated rings. The Bertz CT molecular complexity index is 381. The van der Waals surface area contributed by atoms with Gasteiger partial charge < -0.3 is 15.7 Å². The predicted octanol–water partition coefficient (Wildman–Crippen LogP) is 2.37. The molecule has 2 rings (SSSR count). The van der Waals surface area contributed by atoms with Crippen molar-refractivity contribution in [2.75, 3.05) is 17.7 Å². The van der Waals surface area contributed by atoms with Crippen LogP contribution in [0.25, 0.3) is 0 Å². The van der Waals surface area contributed by atoms with Gasteiger partial charge in [0, 0.05) is 19.2 Å². The Hall–Kier alpha value is -1.16. The molecule has 0 unspecified atom stereocenters. The zero-order valence-electron chi connectivity index (χ0n) is 8.30. The van der Waals surface area contributed by atoms with E-state index in [1.165, 1.54) is 0 Å². The maximum Gasteiger partial charge on any atom is 0.176 e. The highest BCUT2D eigenvalue weighted by Gasteiger charge is 2.30. The number of phenolic OH excluding ortho intramolecular Hbond substituents is 1. The van der Waals surface area contributed by atoms with E-state index in [1.54, 1.807) is 11.9 Å². The molecule has 1 saturated carbocycles. The first-order valence-corrected chi connectivity index (χ1v) is 5.09. The molecule has 1 aliphatic rings. The number of hydrogen-bond donors (Lipinski definition) is 2. The number of halogens is 2. The van der Waals surface area contributed by atoms with Crippen molar-refractivity contribution in [2.45, 2.75) is 18.9 Å². The highest BCUT2D eigenvalue weighted by Crippen LogP contribution is 2.44. The lowest BCUT2D eigenvalue weighted by atomic mass is 10.2. The topological polar surface area (TPSA) is 49.5 Å². The van der Waals surface area contributed by atoms with Gasteiger partial charge in [0.1, 0.15) is 5.69 Å². The predicted molar refractivity (Wildman–Crippen MR) is 58.9 cm³/mol. The van der Waals surface area contributed by atoms with Crippen molar-refractivity contribution >= 4 is 23.0 Å². The second kappa shape index (κ2) is 3.45. The standard InChI is InChI=1S/C10H12ClFN2O/c1-14(5-2-3-5)9-8(11)7(13)4-6(12)10(9)15/h4-5,15H,2-3,13H2,1H3. The molecule has 3 N–H and O–H groups in total. The molecule has 0 radical (unpaired) electrons. The van der Waals surface area contributed by atoms with Crippen LogP contribution in [0.3, 0.4) is 0 Å². The van der Waals surface area contributed by atoms with E-state index in [0.29, 0.717) is 6.04 Å². The maximum atomic E-state index is 13.2. The van der Waals surface area contributed by atoms with Crippen molar-refractivity contribution in [3.63, 3.8) is 0 Å². The number of anilines is 2. The molecule has 0 bridgehead atoms. The van der Waals surface area contributed by atoms with Crippen LogP contribution >= 0.6 is 11.6 Å². The molecule has 82 valence electrons. The van der Waals surface area contributed by atoms with E-state index in [-0.39, 0.29) is 16.4 Å². The molecule has 0 amide bonds. The molecule has 0 aliphatic heterocycles.